The topological polar surface area (TPSA) is 0 Å². The first-order valence-electron chi connectivity index (χ1n) is 17.1. The van der Waals surface area contributed by atoms with Crippen LogP contribution in [0.25, 0.3) is 22.3 Å². The zero-order valence-electron chi connectivity index (χ0n) is 29.3. The van der Waals surface area contributed by atoms with Gasteiger partial charge in [-0.25, -0.2) is 0 Å². The van der Waals surface area contributed by atoms with E-state index in [-0.39, 0.29) is 0 Å². The molecule has 0 nitrogen and oxygen atoms in total. The number of aryl methyl sites for hydroxylation is 6. The Kier molecular flexibility index (Phi) is 8.27. The van der Waals surface area contributed by atoms with Gasteiger partial charge in [0.05, 0.1) is 0 Å². The average molecular weight is 675 g/mol. The highest BCUT2D eigenvalue weighted by molar-refractivity contribution is 7.51. The van der Waals surface area contributed by atoms with Gasteiger partial charge >= 0.3 is 0 Å². The van der Waals surface area contributed by atoms with E-state index in [0.717, 1.165) is 11.1 Å². The van der Waals surface area contributed by atoms with E-state index in [1.54, 1.807) is 0 Å². The molecule has 6 aromatic carbocycles. The molecule has 0 aromatic heterocycles. The fraction of sp³-hybridized carbons (Fsp3) is 0.125. The molecule has 0 amide bonds. The second-order valence-corrected chi connectivity index (χ2v) is 15.8. The minimum Gasteiger partial charge on any atom is -0.0616 e. The molecule has 6 aromatic rings. The molecule has 0 N–H and O–H groups in total. The lowest BCUT2D eigenvalue weighted by Gasteiger charge is -2.09. The smallest absolute Gasteiger partial charge is 0.0262 e. The van der Waals surface area contributed by atoms with Crippen LogP contribution in [0.2, 0.25) is 0 Å². The first-order valence-corrected chi connectivity index (χ1v) is 18.9. The third-order valence-electron chi connectivity index (χ3n) is 9.69. The van der Waals surface area contributed by atoms with Crippen molar-refractivity contribution < 1.29 is 0 Å². The molecule has 0 bridgehead atoms. The highest BCUT2D eigenvalue weighted by Crippen LogP contribution is 2.41. The van der Waals surface area contributed by atoms with Gasteiger partial charge in [-0.05, 0) is 144 Å². The van der Waals surface area contributed by atoms with Crippen molar-refractivity contribution in [3.05, 3.63) is 176 Å². The zero-order valence-corrected chi connectivity index (χ0v) is 31.1. The van der Waals surface area contributed by atoms with Crippen LogP contribution >= 0.6 is 16.4 Å². The summed E-state index contributed by atoms with van der Waals surface area (Å²) in [5.74, 6) is 13.0. The third kappa shape index (κ3) is 5.77. The predicted molar refractivity (Wildman–Crippen MR) is 218 cm³/mol. The minimum atomic E-state index is 0.983. The molecule has 0 saturated carbocycles. The van der Waals surface area contributed by atoms with Crippen LogP contribution in [0.5, 0.6) is 0 Å². The van der Waals surface area contributed by atoms with Crippen LogP contribution in [0, 0.1) is 65.2 Å². The Morgan fingerprint density at radius 1 is 0.360 bits per heavy atom. The van der Waals surface area contributed by atoms with Crippen LogP contribution in [-0.4, -0.2) is 10.6 Å². The number of rotatable bonds is 2. The molecule has 238 valence electrons. The van der Waals surface area contributed by atoms with E-state index in [1.165, 1.54) is 115 Å². The molecule has 0 fully saturated rings. The van der Waals surface area contributed by atoms with Crippen LogP contribution in [0.15, 0.2) is 109 Å². The summed E-state index contributed by atoms with van der Waals surface area (Å²) in [5, 5.41) is 5.53. The molecule has 0 saturated heterocycles. The highest BCUT2D eigenvalue weighted by atomic mass is 31.1. The van der Waals surface area contributed by atoms with Crippen molar-refractivity contribution in [1.82, 2.24) is 0 Å². The summed E-state index contributed by atoms with van der Waals surface area (Å²) in [7, 11) is 2.49. The number of hydrogen-bond donors (Lipinski definition) is 0. The quantitative estimate of drug-likeness (QED) is 0.126. The molecule has 0 atom stereocenters. The zero-order chi connectivity index (χ0) is 34.5. The normalized spacial score (nSPS) is 13.6. The van der Waals surface area contributed by atoms with Crippen molar-refractivity contribution in [2.75, 3.05) is 0 Å². The summed E-state index contributed by atoms with van der Waals surface area (Å²) in [6.07, 6.45) is 0. The fourth-order valence-electron chi connectivity index (χ4n) is 7.61. The highest BCUT2D eigenvalue weighted by Gasteiger charge is 2.25. The fourth-order valence-corrected chi connectivity index (χ4v) is 10.3. The molecule has 0 spiro atoms. The molecule has 50 heavy (non-hydrogen) atoms. The predicted octanol–water partition coefficient (Wildman–Crippen LogP) is 10.6. The van der Waals surface area contributed by atoms with Gasteiger partial charge < -0.3 is 0 Å². The van der Waals surface area contributed by atoms with E-state index in [4.69, 9.17) is 0 Å². The number of benzene rings is 6. The second kappa shape index (κ2) is 12.9. The number of fused-ring (bicyclic) bond motifs is 6. The van der Waals surface area contributed by atoms with Gasteiger partial charge in [-0.15, -0.1) is 0 Å². The lowest BCUT2D eigenvalue weighted by molar-refractivity contribution is 1.36. The summed E-state index contributed by atoms with van der Waals surface area (Å²) in [6, 6.07) is 40.0. The van der Waals surface area contributed by atoms with Gasteiger partial charge in [0.15, 0.2) is 0 Å². The van der Waals surface area contributed by atoms with E-state index in [1.807, 2.05) is 0 Å². The van der Waals surface area contributed by atoms with Crippen molar-refractivity contribution in [2.45, 2.75) is 41.5 Å². The van der Waals surface area contributed by atoms with Crippen molar-refractivity contribution in [2.24, 2.45) is 0 Å². The lowest BCUT2D eigenvalue weighted by Crippen LogP contribution is -2.07. The molecule has 0 heterocycles. The van der Waals surface area contributed by atoms with Crippen LogP contribution in [0.1, 0.15) is 66.8 Å². The molecule has 2 heteroatoms. The molecular weight excluding hydrogens is 638 g/mol. The SMILES string of the molecule is Cc1cc(C)c(P=C2c3ccccc3-c3cc(C#CC#Cc4ccc5c(c4)-c4ccccc4C5=Pc4c(C)cc(C)cc4C)ccc32)c(C)c1. The van der Waals surface area contributed by atoms with Crippen molar-refractivity contribution in [3.8, 4) is 45.9 Å². The molecule has 0 radical (unpaired) electrons. The Labute approximate surface area is 299 Å². The van der Waals surface area contributed by atoms with Crippen LogP contribution in [0.3, 0.4) is 0 Å². The Morgan fingerprint density at radius 3 is 1.08 bits per heavy atom. The van der Waals surface area contributed by atoms with E-state index >= 15 is 0 Å². The summed E-state index contributed by atoms with van der Waals surface area (Å²) >= 11 is 0. The first-order chi connectivity index (χ1) is 24.2. The van der Waals surface area contributed by atoms with Crippen molar-refractivity contribution >= 4 is 37.6 Å². The number of hydrogen-bond acceptors (Lipinski definition) is 0. The summed E-state index contributed by atoms with van der Waals surface area (Å²) in [6.45, 7) is 13.3. The second-order valence-electron chi connectivity index (χ2n) is 13.5. The molecule has 0 aliphatic heterocycles. The van der Waals surface area contributed by atoms with Gasteiger partial charge in [0, 0.05) is 32.3 Å². The van der Waals surface area contributed by atoms with Gasteiger partial charge in [0.1, 0.15) is 0 Å². The Balaban J connectivity index is 1.11. The molecule has 8 rings (SSSR count). The minimum absolute atomic E-state index is 0.983. The van der Waals surface area contributed by atoms with Crippen LogP contribution < -0.4 is 10.6 Å². The third-order valence-corrected chi connectivity index (χ3v) is 13.0. The van der Waals surface area contributed by atoms with Gasteiger partial charge in [-0.1, -0.05) is 124 Å². The van der Waals surface area contributed by atoms with Gasteiger partial charge in [-0.2, -0.15) is 0 Å². The summed E-state index contributed by atoms with van der Waals surface area (Å²) < 4.78 is 0. The largest absolute Gasteiger partial charge is 0.0616 e. The molecular formula is C48H36P2. The van der Waals surface area contributed by atoms with Crippen LogP contribution in [0.4, 0.5) is 0 Å². The van der Waals surface area contributed by atoms with E-state index < -0.39 is 0 Å². The first kappa shape index (κ1) is 32.0. The maximum absolute atomic E-state index is 3.34. The monoisotopic (exact) mass is 674 g/mol. The maximum atomic E-state index is 3.34. The standard InChI is InChI=1S/C48H36P2/c1-29-23-31(3)45(32(4)24-29)49-47-39-17-11-9-15-37(39)43-27-35(19-21-41(43)47)13-7-8-14-36-20-22-42-44(28-36)38-16-10-12-18-40(38)48(42)50-46-33(5)25-30(2)26-34(46)6/h9-12,15-28H,1-6H3. The summed E-state index contributed by atoms with van der Waals surface area (Å²) in [5.41, 5.74) is 20.3. The van der Waals surface area contributed by atoms with Crippen molar-refractivity contribution in [3.63, 3.8) is 0 Å². The molecule has 2 aliphatic carbocycles. The Morgan fingerprint density at radius 2 is 0.700 bits per heavy atom. The van der Waals surface area contributed by atoms with E-state index in [2.05, 4.69) is 174 Å². The molecule has 2 aliphatic rings. The van der Waals surface area contributed by atoms with Gasteiger partial charge in [0.2, 0.25) is 0 Å². The van der Waals surface area contributed by atoms with Gasteiger partial charge in [0.25, 0.3) is 0 Å². The van der Waals surface area contributed by atoms with E-state index in [0.29, 0.717) is 0 Å². The summed E-state index contributed by atoms with van der Waals surface area (Å²) in [4.78, 5) is 0. The van der Waals surface area contributed by atoms with Crippen LogP contribution in [-0.2, 0) is 0 Å². The molecule has 0 unspecified atom stereocenters. The van der Waals surface area contributed by atoms with Gasteiger partial charge in [-0.3, -0.25) is 0 Å². The van der Waals surface area contributed by atoms with E-state index in [9.17, 15) is 0 Å². The van der Waals surface area contributed by atoms with Crippen molar-refractivity contribution in [1.29, 1.82) is 0 Å². The maximum Gasteiger partial charge on any atom is 0.0262 e. The Bertz CT molecular complexity index is 2380. The Hall–Kier alpha value is -5.22. The average Bonchev–Trinajstić information content (AvgIpc) is 3.57. The lowest BCUT2D eigenvalue weighted by atomic mass is 10.0.